The quantitative estimate of drug-likeness (QED) is 0.678. The predicted molar refractivity (Wildman–Crippen MR) is 87.8 cm³/mol. The third-order valence-corrected chi connectivity index (χ3v) is 4.13. The van der Waals surface area contributed by atoms with Crippen LogP contribution in [0.2, 0.25) is 0 Å². The number of thiophene rings is 1. The highest BCUT2D eigenvalue weighted by atomic mass is 79.9. The number of hydrazone groups is 1. The second-order valence-electron chi connectivity index (χ2n) is 4.29. The Balaban J connectivity index is 2.01. The second-order valence-corrected chi connectivity index (χ2v) is 6.78. The molecule has 2 aromatic rings. The van der Waals surface area contributed by atoms with Crippen molar-refractivity contribution in [2.24, 2.45) is 5.10 Å². The van der Waals surface area contributed by atoms with Gasteiger partial charge in [-0.05, 0) is 46.3 Å². The van der Waals surface area contributed by atoms with Crippen molar-refractivity contribution >= 4 is 45.1 Å². The van der Waals surface area contributed by atoms with Crippen LogP contribution in [0.3, 0.4) is 0 Å². The number of nitrogens with one attached hydrogen (secondary N) is 1. The Morgan fingerprint density at radius 2 is 2.15 bits per heavy atom. The Labute approximate surface area is 130 Å². The van der Waals surface area contributed by atoms with E-state index in [0.717, 1.165) is 14.4 Å². The molecular weight excluding hydrogens is 338 g/mol. The highest BCUT2D eigenvalue weighted by Crippen LogP contribution is 2.20. The first kappa shape index (κ1) is 14.7. The first-order valence-electron chi connectivity index (χ1n) is 5.92. The molecule has 1 N–H and O–H groups in total. The summed E-state index contributed by atoms with van der Waals surface area (Å²) in [6, 6.07) is 11.3. The molecule has 4 nitrogen and oxygen atoms in total. The predicted octanol–water partition coefficient (Wildman–Crippen LogP) is 3.34. The van der Waals surface area contributed by atoms with E-state index in [0.29, 0.717) is 5.56 Å². The minimum absolute atomic E-state index is 0.222. The molecule has 0 aliphatic heterocycles. The number of carbonyl (C=O) groups excluding carboxylic acids is 1. The normalized spacial score (nSPS) is 10.8. The molecule has 0 aliphatic rings. The molecule has 1 heterocycles. The van der Waals surface area contributed by atoms with E-state index in [2.05, 4.69) is 26.5 Å². The van der Waals surface area contributed by atoms with Gasteiger partial charge < -0.3 is 4.90 Å². The Kier molecular flexibility index (Phi) is 4.92. The summed E-state index contributed by atoms with van der Waals surface area (Å²) in [6.45, 7) is 0. The van der Waals surface area contributed by atoms with E-state index < -0.39 is 0 Å². The van der Waals surface area contributed by atoms with Crippen molar-refractivity contribution in [3.63, 3.8) is 0 Å². The van der Waals surface area contributed by atoms with E-state index in [-0.39, 0.29) is 5.91 Å². The molecule has 6 heteroatoms. The van der Waals surface area contributed by atoms with E-state index in [1.807, 2.05) is 49.3 Å². The maximum absolute atomic E-state index is 12.0. The Morgan fingerprint density at radius 3 is 2.80 bits per heavy atom. The van der Waals surface area contributed by atoms with Crippen molar-refractivity contribution in [3.8, 4) is 0 Å². The van der Waals surface area contributed by atoms with Crippen molar-refractivity contribution < 1.29 is 4.79 Å². The number of carbonyl (C=O) groups is 1. The zero-order valence-corrected chi connectivity index (χ0v) is 13.5. The molecule has 0 saturated carbocycles. The van der Waals surface area contributed by atoms with E-state index in [9.17, 15) is 4.79 Å². The molecule has 1 aromatic heterocycles. The summed E-state index contributed by atoms with van der Waals surface area (Å²) in [4.78, 5) is 14.9. The van der Waals surface area contributed by atoms with Gasteiger partial charge in [-0.2, -0.15) is 5.10 Å². The highest BCUT2D eigenvalue weighted by Gasteiger charge is 2.05. The van der Waals surface area contributed by atoms with Gasteiger partial charge in [-0.3, -0.25) is 4.79 Å². The van der Waals surface area contributed by atoms with Crippen LogP contribution < -0.4 is 10.3 Å². The monoisotopic (exact) mass is 351 g/mol. The average molecular weight is 352 g/mol. The zero-order chi connectivity index (χ0) is 14.5. The minimum atomic E-state index is -0.222. The molecule has 2 rings (SSSR count). The largest absolute Gasteiger partial charge is 0.378 e. The molecule has 0 aliphatic carbocycles. The van der Waals surface area contributed by atoms with Crippen LogP contribution in [0, 0.1) is 0 Å². The van der Waals surface area contributed by atoms with Gasteiger partial charge >= 0.3 is 0 Å². The Hall–Kier alpha value is -1.66. The van der Waals surface area contributed by atoms with Gasteiger partial charge in [-0.25, -0.2) is 5.43 Å². The van der Waals surface area contributed by atoms with Gasteiger partial charge in [0.25, 0.3) is 5.91 Å². The standard InChI is InChI=1S/C14H14BrN3OS/c1-18(2)11-5-3-4-10(8-11)14(19)17-16-9-12-6-7-13(15)20-12/h3-9H,1-2H3,(H,17,19)/b16-9-. The lowest BCUT2D eigenvalue weighted by Crippen LogP contribution is -2.18. The van der Waals surface area contributed by atoms with Gasteiger partial charge in [-0.1, -0.05) is 6.07 Å². The number of hydrogen-bond acceptors (Lipinski definition) is 4. The van der Waals surface area contributed by atoms with E-state index in [1.165, 1.54) is 0 Å². The first-order valence-corrected chi connectivity index (χ1v) is 7.53. The van der Waals surface area contributed by atoms with E-state index in [1.54, 1.807) is 23.6 Å². The van der Waals surface area contributed by atoms with E-state index in [4.69, 9.17) is 0 Å². The van der Waals surface area contributed by atoms with Gasteiger partial charge in [0.2, 0.25) is 0 Å². The summed E-state index contributed by atoms with van der Waals surface area (Å²) in [7, 11) is 3.87. The van der Waals surface area contributed by atoms with Crippen molar-refractivity contribution in [3.05, 3.63) is 50.6 Å². The van der Waals surface area contributed by atoms with Crippen LogP contribution >= 0.6 is 27.3 Å². The number of hydrogen-bond donors (Lipinski definition) is 1. The van der Waals surface area contributed by atoms with Crippen molar-refractivity contribution in [1.82, 2.24) is 5.43 Å². The van der Waals surface area contributed by atoms with Crippen LogP contribution in [0.15, 0.2) is 45.3 Å². The molecule has 0 spiro atoms. The molecule has 0 bridgehead atoms. The third-order valence-electron chi connectivity index (χ3n) is 2.58. The van der Waals surface area contributed by atoms with Gasteiger partial charge in [0.1, 0.15) is 0 Å². The van der Waals surface area contributed by atoms with Crippen LogP contribution in [0.1, 0.15) is 15.2 Å². The number of rotatable bonds is 4. The van der Waals surface area contributed by atoms with Crippen LogP contribution in [0.5, 0.6) is 0 Å². The fraction of sp³-hybridized carbons (Fsp3) is 0.143. The lowest BCUT2D eigenvalue weighted by molar-refractivity contribution is 0.0955. The fourth-order valence-corrected chi connectivity index (χ4v) is 2.84. The molecule has 0 saturated heterocycles. The van der Waals surface area contributed by atoms with Crippen molar-refractivity contribution in [1.29, 1.82) is 0 Å². The van der Waals surface area contributed by atoms with E-state index >= 15 is 0 Å². The summed E-state index contributed by atoms with van der Waals surface area (Å²) in [5, 5.41) is 3.96. The highest BCUT2D eigenvalue weighted by molar-refractivity contribution is 9.11. The van der Waals surface area contributed by atoms with Gasteiger partial charge in [0.15, 0.2) is 0 Å². The number of halogens is 1. The van der Waals surface area contributed by atoms with Gasteiger partial charge in [0.05, 0.1) is 10.0 Å². The number of benzene rings is 1. The molecule has 104 valence electrons. The molecule has 0 atom stereocenters. The molecule has 20 heavy (non-hydrogen) atoms. The smallest absolute Gasteiger partial charge is 0.271 e. The maximum Gasteiger partial charge on any atom is 0.271 e. The zero-order valence-electron chi connectivity index (χ0n) is 11.1. The first-order chi connectivity index (χ1) is 9.56. The molecule has 1 aromatic carbocycles. The van der Waals surface area contributed by atoms with Gasteiger partial charge in [-0.15, -0.1) is 11.3 Å². The summed E-state index contributed by atoms with van der Waals surface area (Å²) in [5.74, 6) is -0.222. The van der Waals surface area contributed by atoms with Crippen molar-refractivity contribution in [2.45, 2.75) is 0 Å². The lowest BCUT2D eigenvalue weighted by Gasteiger charge is -2.12. The molecular formula is C14H14BrN3OS. The fourth-order valence-electron chi connectivity index (χ4n) is 1.54. The topological polar surface area (TPSA) is 44.7 Å². The summed E-state index contributed by atoms with van der Waals surface area (Å²) >= 11 is 4.93. The van der Waals surface area contributed by atoms with Gasteiger partial charge in [0, 0.05) is 30.2 Å². The number of amides is 1. The summed E-state index contributed by atoms with van der Waals surface area (Å²) in [5.41, 5.74) is 4.09. The van der Waals surface area contributed by atoms with Crippen LogP contribution in [-0.2, 0) is 0 Å². The molecule has 0 fully saturated rings. The summed E-state index contributed by atoms with van der Waals surface area (Å²) in [6.07, 6.45) is 1.63. The van der Waals surface area contributed by atoms with Crippen LogP contribution in [0.25, 0.3) is 0 Å². The average Bonchev–Trinajstić information content (AvgIpc) is 2.84. The molecule has 1 amide bonds. The number of nitrogens with zero attached hydrogens (tertiary/aromatic N) is 2. The maximum atomic E-state index is 12.0. The lowest BCUT2D eigenvalue weighted by atomic mass is 10.2. The number of anilines is 1. The second kappa shape index (κ2) is 6.67. The Bertz CT molecular complexity index is 637. The Morgan fingerprint density at radius 1 is 1.35 bits per heavy atom. The minimum Gasteiger partial charge on any atom is -0.378 e. The summed E-state index contributed by atoms with van der Waals surface area (Å²) < 4.78 is 1.03. The SMILES string of the molecule is CN(C)c1cccc(C(=O)N/N=C\c2ccc(Br)s2)c1. The molecule has 0 unspecified atom stereocenters. The third kappa shape index (κ3) is 3.91. The van der Waals surface area contributed by atoms with Crippen LogP contribution in [0.4, 0.5) is 5.69 Å². The van der Waals surface area contributed by atoms with Crippen molar-refractivity contribution in [2.75, 3.05) is 19.0 Å². The van der Waals surface area contributed by atoms with Crippen LogP contribution in [-0.4, -0.2) is 26.2 Å². The molecule has 0 radical (unpaired) electrons.